The lowest BCUT2D eigenvalue weighted by Crippen LogP contribution is -2.16. The SMILES string of the molecule is Cc1cccc2c1nc(CCl)n2CCC1CCCC(C)C1. The number of fused-ring (bicyclic) bond motifs is 1. The fourth-order valence-corrected chi connectivity index (χ4v) is 4.02. The molecule has 1 fully saturated rings. The second-order valence-electron chi connectivity index (χ2n) is 6.68. The van der Waals surface area contributed by atoms with Crippen molar-refractivity contribution in [2.45, 2.75) is 58.4 Å². The molecule has 114 valence electrons. The lowest BCUT2D eigenvalue weighted by molar-refractivity contribution is 0.261. The maximum Gasteiger partial charge on any atom is 0.124 e. The molecule has 1 aliphatic carbocycles. The lowest BCUT2D eigenvalue weighted by atomic mass is 9.81. The summed E-state index contributed by atoms with van der Waals surface area (Å²) in [6, 6.07) is 6.42. The van der Waals surface area contributed by atoms with Gasteiger partial charge in [-0.15, -0.1) is 11.6 Å². The van der Waals surface area contributed by atoms with Gasteiger partial charge >= 0.3 is 0 Å². The second-order valence-corrected chi connectivity index (χ2v) is 6.95. The number of benzene rings is 1. The summed E-state index contributed by atoms with van der Waals surface area (Å²) >= 11 is 6.12. The van der Waals surface area contributed by atoms with Gasteiger partial charge in [0, 0.05) is 6.54 Å². The number of rotatable bonds is 4. The van der Waals surface area contributed by atoms with Crippen molar-refractivity contribution in [2.24, 2.45) is 11.8 Å². The summed E-state index contributed by atoms with van der Waals surface area (Å²) < 4.78 is 2.34. The molecule has 3 rings (SSSR count). The van der Waals surface area contributed by atoms with E-state index in [0.717, 1.165) is 29.7 Å². The van der Waals surface area contributed by atoms with E-state index in [1.165, 1.54) is 43.2 Å². The first-order valence-electron chi connectivity index (χ1n) is 8.19. The van der Waals surface area contributed by atoms with Crippen LogP contribution in [-0.4, -0.2) is 9.55 Å². The molecule has 0 aliphatic heterocycles. The van der Waals surface area contributed by atoms with Gasteiger partial charge in [0.1, 0.15) is 5.82 Å². The van der Waals surface area contributed by atoms with Gasteiger partial charge in [0.15, 0.2) is 0 Å². The number of aromatic nitrogens is 2. The predicted octanol–water partition coefficient (Wildman–Crippen LogP) is 5.30. The van der Waals surface area contributed by atoms with Gasteiger partial charge in [0.2, 0.25) is 0 Å². The van der Waals surface area contributed by atoms with Crippen LogP contribution in [0.4, 0.5) is 0 Å². The first-order chi connectivity index (χ1) is 10.2. The van der Waals surface area contributed by atoms with Gasteiger partial charge in [-0.2, -0.15) is 0 Å². The third-order valence-electron chi connectivity index (χ3n) is 4.99. The molecule has 3 heteroatoms. The minimum atomic E-state index is 0.495. The van der Waals surface area contributed by atoms with E-state index in [0.29, 0.717) is 5.88 Å². The molecule has 1 aromatic carbocycles. The molecule has 1 heterocycles. The van der Waals surface area contributed by atoms with Crippen LogP contribution in [0.15, 0.2) is 18.2 Å². The van der Waals surface area contributed by atoms with Crippen LogP contribution in [0.5, 0.6) is 0 Å². The molecular weight excluding hydrogens is 280 g/mol. The summed E-state index contributed by atoms with van der Waals surface area (Å²) in [4.78, 5) is 4.74. The van der Waals surface area contributed by atoms with E-state index in [9.17, 15) is 0 Å². The van der Waals surface area contributed by atoms with Gasteiger partial charge in [0.05, 0.1) is 16.9 Å². The molecule has 1 aromatic heterocycles. The zero-order valence-corrected chi connectivity index (χ0v) is 13.9. The Labute approximate surface area is 132 Å². The van der Waals surface area contributed by atoms with Crippen LogP contribution in [-0.2, 0) is 12.4 Å². The van der Waals surface area contributed by atoms with Crippen molar-refractivity contribution in [3.05, 3.63) is 29.6 Å². The van der Waals surface area contributed by atoms with E-state index in [2.05, 4.69) is 36.6 Å². The van der Waals surface area contributed by atoms with E-state index in [-0.39, 0.29) is 0 Å². The Morgan fingerprint density at radius 3 is 2.95 bits per heavy atom. The smallest absolute Gasteiger partial charge is 0.124 e. The van der Waals surface area contributed by atoms with Crippen molar-refractivity contribution in [2.75, 3.05) is 0 Å². The average Bonchev–Trinajstić information content (AvgIpc) is 2.84. The fourth-order valence-electron chi connectivity index (χ4n) is 3.82. The molecule has 0 N–H and O–H groups in total. The molecule has 0 amide bonds. The van der Waals surface area contributed by atoms with Gasteiger partial charge < -0.3 is 4.57 Å². The standard InChI is InChI=1S/C18H25ClN2/c1-13-5-3-7-15(11-13)9-10-21-16-8-4-6-14(2)18(16)20-17(21)12-19/h4,6,8,13,15H,3,5,7,9-12H2,1-2H3. The predicted molar refractivity (Wildman–Crippen MR) is 89.8 cm³/mol. The molecule has 21 heavy (non-hydrogen) atoms. The van der Waals surface area contributed by atoms with Crippen LogP contribution in [0, 0.1) is 18.8 Å². The van der Waals surface area contributed by atoms with Crippen LogP contribution in [0.25, 0.3) is 11.0 Å². The van der Waals surface area contributed by atoms with Crippen molar-refractivity contribution in [3.8, 4) is 0 Å². The molecule has 1 saturated carbocycles. The van der Waals surface area contributed by atoms with Crippen LogP contribution < -0.4 is 0 Å². The van der Waals surface area contributed by atoms with E-state index >= 15 is 0 Å². The van der Waals surface area contributed by atoms with Crippen LogP contribution in [0.2, 0.25) is 0 Å². The molecular formula is C18H25ClN2. The molecule has 0 bridgehead atoms. The summed E-state index contributed by atoms with van der Waals surface area (Å²) in [7, 11) is 0. The fraction of sp³-hybridized carbons (Fsp3) is 0.611. The minimum absolute atomic E-state index is 0.495. The van der Waals surface area contributed by atoms with Gasteiger partial charge in [0.25, 0.3) is 0 Å². The summed E-state index contributed by atoms with van der Waals surface area (Å²) in [5.74, 6) is 3.29. The van der Waals surface area contributed by atoms with Gasteiger partial charge in [-0.05, 0) is 43.2 Å². The summed E-state index contributed by atoms with van der Waals surface area (Å²) in [6.07, 6.45) is 6.86. The van der Waals surface area contributed by atoms with Gasteiger partial charge in [-0.25, -0.2) is 4.98 Å². The Bertz CT molecular complexity index is 617. The third-order valence-corrected chi connectivity index (χ3v) is 5.22. The molecule has 2 nitrogen and oxygen atoms in total. The molecule has 2 aromatic rings. The van der Waals surface area contributed by atoms with E-state index in [1.54, 1.807) is 0 Å². The Kier molecular flexibility index (Phi) is 4.54. The zero-order valence-electron chi connectivity index (χ0n) is 13.1. The van der Waals surface area contributed by atoms with Crippen molar-refractivity contribution in [1.82, 2.24) is 9.55 Å². The average molecular weight is 305 g/mol. The Hall–Kier alpha value is -1.02. The molecule has 0 saturated heterocycles. The Balaban J connectivity index is 1.81. The number of imidazole rings is 1. The van der Waals surface area contributed by atoms with Gasteiger partial charge in [-0.3, -0.25) is 0 Å². The van der Waals surface area contributed by atoms with Crippen LogP contribution in [0.3, 0.4) is 0 Å². The maximum atomic E-state index is 6.12. The highest BCUT2D eigenvalue weighted by atomic mass is 35.5. The summed E-state index contributed by atoms with van der Waals surface area (Å²) in [5.41, 5.74) is 3.60. The number of hydrogen-bond acceptors (Lipinski definition) is 1. The quantitative estimate of drug-likeness (QED) is 0.701. The maximum absolute atomic E-state index is 6.12. The van der Waals surface area contributed by atoms with Crippen molar-refractivity contribution >= 4 is 22.6 Å². The monoisotopic (exact) mass is 304 g/mol. The van der Waals surface area contributed by atoms with E-state index in [4.69, 9.17) is 16.6 Å². The highest BCUT2D eigenvalue weighted by Gasteiger charge is 2.19. The third kappa shape index (κ3) is 3.11. The van der Waals surface area contributed by atoms with Crippen molar-refractivity contribution in [1.29, 1.82) is 0 Å². The highest BCUT2D eigenvalue weighted by Crippen LogP contribution is 2.31. The number of halogens is 1. The number of alkyl halides is 1. The van der Waals surface area contributed by atoms with E-state index < -0.39 is 0 Å². The molecule has 0 spiro atoms. The topological polar surface area (TPSA) is 17.8 Å². The summed E-state index contributed by atoms with van der Waals surface area (Å²) in [6.45, 7) is 5.58. The Morgan fingerprint density at radius 1 is 1.33 bits per heavy atom. The van der Waals surface area contributed by atoms with Crippen LogP contribution in [0.1, 0.15) is 50.4 Å². The largest absolute Gasteiger partial charge is 0.327 e. The number of aryl methyl sites for hydroxylation is 2. The zero-order chi connectivity index (χ0) is 14.8. The number of para-hydroxylation sites is 1. The lowest BCUT2D eigenvalue weighted by Gasteiger charge is -2.27. The van der Waals surface area contributed by atoms with Gasteiger partial charge in [-0.1, -0.05) is 38.3 Å². The highest BCUT2D eigenvalue weighted by molar-refractivity contribution is 6.16. The molecule has 0 radical (unpaired) electrons. The normalized spacial score (nSPS) is 22.8. The molecule has 2 atom stereocenters. The second kappa shape index (κ2) is 6.39. The van der Waals surface area contributed by atoms with E-state index in [1.807, 2.05) is 0 Å². The van der Waals surface area contributed by atoms with Crippen molar-refractivity contribution < 1.29 is 0 Å². The molecule has 2 unspecified atom stereocenters. The Morgan fingerprint density at radius 2 is 2.19 bits per heavy atom. The molecule has 1 aliphatic rings. The number of hydrogen-bond donors (Lipinski definition) is 0. The number of nitrogens with zero attached hydrogens (tertiary/aromatic N) is 2. The minimum Gasteiger partial charge on any atom is -0.327 e. The summed E-state index contributed by atoms with van der Waals surface area (Å²) in [5, 5.41) is 0. The first kappa shape index (κ1) is 14.9. The first-order valence-corrected chi connectivity index (χ1v) is 8.73. The van der Waals surface area contributed by atoms with Crippen LogP contribution >= 0.6 is 11.6 Å². The van der Waals surface area contributed by atoms with Crippen molar-refractivity contribution in [3.63, 3.8) is 0 Å².